The Kier molecular flexibility index (Phi) is 4.99. The quantitative estimate of drug-likeness (QED) is 0.736. The Balaban J connectivity index is 1.64. The minimum atomic E-state index is -0.140. The van der Waals surface area contributed by atoms with Gasteiger partial charge in [-0.1, -0.05) is 44.2 Å². The molecule has 0 radical (unpaired) electrons. The number of benzene rings is 2. The van der Waals surface area contributed by atoms with Crippen molar-refractivity contribution in [3.05, 3.63) is 75.8 Å². The van der Waals surface area contributed by atoms with E-state index in [4.69, 9.17) is 0 Å². The van der Waals surface area contributed by atoms with Crippen molar-refractivity contribution < 1.29 is 4.79 Å². The zero-order valence-electron chi connectivity index (χ0n) is 16.3. The maximum Gasteiger partial charge on any atom is 0.261 e. The van der Waals surface area contributed by atoms with Crippen LogP contribution in [0.3, 0.4) is 0 Å². The first-order valence-corrected chi connectivity index (χ1v) is 9.92. The minimum Gasteiger partial charge on any atom is -0.345 e. The largest absolute Gasteiger partial charge is 0.345 e. The van der Waals surface area contributed by atoms with Gasteiger partial charge < -0.3 is 5.32 Å². The van der Waals surface area contributed by atoms with E-state index < -0.39 is 0 Å². The molecule has 28 heavy (non-hydrogen) atoms. The third-order valence-electron chi connectivity index (χ3n) is 5.29. The van der Waals surface area contributed by atoms with Gasteiger partial charge in [-0.15, -0.1) is 0 Å². The molecule has 1 atom stereocenters. The highest BCUT2D eigenvalue weighted by Gasteiger charge is 2.19. The number of fused-ring (bicyclic) bond motifs is 2. The zero-order chi connectivity index (χ0) is 19.7. The summed E-state index contributed by atoms with van der Waals surface area (Å²) in [6.07, 6.45) is 2.61. The molecule has 0 spiro atoms. The van der Waals surface area contributed by atoms with Crippen LogP contribution in [0, 0.1) is 5.92 Å². The number of hydrogen-bond donors (Lipinski definition) is 1. The summed E-state index contributed by atoms with van der Waals surface area (Å²) < 4.78 is 1.75. The molecule has 2 aromatic carbocycles. The number of carbonyl (C=O) groups is 1. The van der Waals surface area contributed by atoms with Crippen LogP contribution in [0.5, 0.6) is 0 Å². The standard InChI is InChI=1S/C23H25N3O2/c1-15(2)13-19(16-7-4-3-5-8-16)25-22(27)17-10-11-18-20(14-17)24-21-9-6-12-26(21)23(18)28/h3-5,7-8,10-11,14-15,19H,6,9,12-13H2,1-2H3,(H,25,27)/t19-/m0/s1. The molecule has 1 aromatic heterocycles. The van der Waals surface area contributed by atoms with Gasteiger partial charge in [0.2, 0.25) is 0 Å². The predicted molar refractivity (Wildman–Crippen MR) is 110 cm³/mol. The number of rotatable bonds is 5. The summed E-state index contributed by atoms with van der Waals surface area (Å²) in [4.78, 5) is 30.2. The van der Waals surface area contributed by atoms with Crippen molar-refractivity contribution in [1.29, 1.82) is 0 Å². The summed E-state index contributed by atoms with van der Waals surface area (Å²) in [5, 5.41) is 3.74. The van der Waals surface area contributed by atoms with Crippen LogP contribution < -0.4 is 10.9 Å². The van der Waals surface area contributed by atoms with Crippen LogP contribution in [0.1, 0.15) is 54.5 Å². The molecule has 1 aliphatic heterocycles. The van der Waals surface area contributed by atoms with Crippen molar-refractivity contribution >= 4 is 16.8 Å². The lowest BCUT2D eigenvalue weighted by Crippen LogP contribution is -2.29. The van der Waals surface area contributed by atoms with Gasteiger partial charge in [0.25, 0.3) is 11.5 Å². The number of nitrogens with zero attached hydrogens (tertiary/aromatic N) is 2. The first kappa shape index (κ1) is 18.4. The summed E-state index contributed by atoms with van der Waals surface area (Å²) in [5.74, 6) is 1.13. The number of aromatic nitrogens is 2. The van der Waals surface area contributed by atoms with E-state index in [2.05, 4.69) is 24.1 Å². The van der Waals surface area contributed by atoms with Crippen molar-refractivity contribution in [2.24, 2.45) is 5.92 Å². The van der Waals surface area contributed by atoms with Gasteiger partial charge in [-0.2, -0.15) is 0 Å². The van der Waals surface area contributed by atoms with Crippen molar-refractivity contribution in [2.45, 2.75) is 45.7 Å². The lowest BCUT2D eigenvalue weighted by molar-refractivity contribution is 0.0932. The van der Waals surface area contributed by atoms with E-state index in [0.717, 1.165) is 37.2 Å². The van der Waals surface area contributed by atoms with Gasteiger partial charge in [0, 0.05) is 18.5 Å². The molecule has 0 bridgehead atoms. The second kappa shape index (κ2) is 7.58. The highest BCUT2D eigenvalue weighted by atomic mass is 16.1. The van der Waals surface area contributed by atoms with Crippen LogP contribution in [-0.4, -0.2) is 15.5 Å². The molecule has 0 unspecified atom stereocenters. The summed E-state index contributed by atoms with van der Waals surface area (Å²) in [6.45, 7) is 5.03. The van der Waals surface area contributed by atoms with Gasteiger partial charge in [0.05, 0.1) is 16.9 Å². The Hall–Kier alpha value is -2.95. The Morgan fingerprint density at radius 2 is 1.96 bits per heavy atom. The van der Waals surface area contributed by atoms with Crippen LogP contribution >= 0.6 is 0 Å². The molecule has 5 nitrogen and oxygen atoms in total. The van der Waals surface area contributed by atoms with E-state index in [1.807, 2.05) is 30.3 Å². The summed E-state index contributed by atoms with van der Waals surface area (Å²) in [5.41, 5.74) is 2.23. The maximum atomic E-state index is 13.0. The predicted octanol–water partition coefficient (Wildman–Crippen LogP) is 3.86. The third kappa shape index (κ3) is 3.57. The van der Waals surface area contributed by atoms with E-state index >= 15 is 0 Å². The average Bonchev–Trinajstić information content (AvgIpc) is 3.16. The van der Waals surface area contributed by atoms with Crippen molar-refractivity contribution in [1.82, 2.24) is 14.9 Å². The third-order valence-corrected chi connectivity index (χ3v) is 5.29. The molecule has 144 valence electrons. The number of nitrogens with one attached hydrogen (secondary N) is 1. The molecular weight excluding hydrogens is 350 g/mol. The highest BCUT2D eigenvalue weighted by molar-refractivity contribution is 5.97. The smallest absolute Gasteiger partial charge is 0.261 e. The number of amides is 1. The minimum absolute atomic E-state index is 0.00794. The van der Waals surface area contributed by atoms with Gasteiger partial charge in [0.1, 0.15) is 5.82 Å². The Bertz CT molecular complexity index is 1070. The van der Waals surface area contributed by atoms with E-state index in [9.17, 15) is 9.59 Å². The first-order valence-electron chi connectivity index (χ1n) is 9.92. The summed E-state index contributed by atoms with van der Waals surface area (Å²) in [7, 11) is 0. The molecule has 0 saturated heterocycles. The van der Waals surface area contributed by atoms with Gasteiger partial charge in [0.15, 0.2) is 0 Å². The molecule has 2 heterocycles. The molecular formula is C23H25N3O2. The maximum absolute atomic E-state index is 13.0. The Morgan fingerprint density at radius 3 is 2.71 bits per heavy atom. The summed E-state index contributed by atoms with van der Waals surface area (Å²) in [6, 6.07) is 15.2. The second-order valence-electron chi connectivity index (χ2n) is 7.89. The normalized spacial score (nSPS) is 14.2. The lowest BCUT2D eigenvalue weighted by atomic mass is 9.96. The zero-order valence-corrected chi connectivity index (χ0v) is 16.3. The van der Waals surface area contributed by atoms with Crippen LogP contribution in [0.4, 0.5) is 0 Å². The molecule has 3 aromatic rings. The van der Waals surface area contributed by atoms with E-state index in [0.29, 0.717) is 22.4 Å². The molecule has 4 rings (SSSR count). The van der Waals surface area contributed by atoms with Gasteiger partial charge in [-0.3, -0.25) is 14.2 Å². The fourth-order valence-corrected chi connectivity index (χ4v) is 3.90. The van der Waals surface area contributed by atoms with Crippen molar-refractivity contribution in [3.63, 3.8) is 0 Å². The topological polar surface area (TPSA) is 64.0 Å². The van der Waals surface area contributed by atoms with E-state index in [1.165, 1.54) is 0 Å². The fraction of sp³-hybridized carbons (Fsp3) is 0.348. The number of aryl methyl sites for hydroxylation is 1. The molecule has 0 aliphatic carbocycles. The van der Waals surface area contributed by atoms with Crippen LogP contribution in [-0.2, 0) is 13.0 Å². The van der Waals surface area contributed by atoms with E-state index in [1.54, 1.807) is 22.8 Å². The summed E-state index contributed by atoms with van der Waals surface area (Å²) >= 11 is 0. The highest BCUT2D eigenvalue weighted by Crippen LogP contribution is 2.22. The first-order chi connectivity index (χ1) is 13.5. The molecule has 1 N–H and O–H groups in total. The van der Waals surface area contributed by atoms with Crippen molar-refractivity contribution in [3.8, 4) is 0 Å². The van der Waals surface area contributed by atoms with Crippen LogP contribution in [0.15, 0.2) is 53.3 Å². The second-order valence-corrected chi connectivity index (χ2v) is 7.89. The average molecular weight is 375 g/mol. The molecule has 0 saturated carbocycles. The Morgan fingerprint density at radius 1 is 1.18 bits per heavy atom. The fourth-order valence-electron chi connectivity index (χ4n) is 3.90. The van der Waals surface area contributed by atoms with E-state index in [-0.39, 0.29) is 17.5 Å². The Labute approximate surface area is 164 Å². The number of hydrogen-bond acceptors (Lipinski definition) is 3. The van der Waals surface area contributed by atoms with Gasteiger partial charge in [-0.25, -0.2) is 4.98 Å². The van der Waals surface area contributed by atoms with Crippen molar-refractivity contribution in [2.75, 3.05) is 0 Å². The van der Waals surface area contributed by atoms with Gasteiger partial charge >= 0.3 is 0 Å². The SMILES string of the molecule is CC(C)C[C@H](NC(=O)c1ccc2c(=O)n3c(nc2c1)CCC3)c1ccccc1. The molecule has 1 amide bonds. The monoisotopic (exact) mass is 375 g/mol. The number of carbonyl (C=O) groups excluding carboxylic acids is 1. The molecule has 1 aliphatic rings. The molecule has 5 heteroatoms. The van der Waals surface area contributed by atoms with Gasteiger partial charge in [-0.05, 0) is 42.5 Å². The molecule has 0 fully saturated rings. The van der Waals surface area contributed by atoms with Crippen LogP contribution in [0.2, 0.25) is 0 Å². The van der Waals surface area contributed by atoms with Crippen LogP contribution in [0.25, 0.3) is 10.9 Å². The lowest BCUT2D eigenvalue weighted by Gasteiger charge is -2.21.